The van der Waals surface area contributed by atoms with Gasteiger partial charge in [0.1, 0.15) is 5.75 Å². The maximum absolute atomic E-state index is 12.3. The molecule has 0 saturated carbocycles. The van der Waals surface area contributed by atoms with Crippen LogP contribution < -0.4 is 20.5 Å². The van der Waals surface area contributed by atoms with Crippen molar-refractivity contribution < 1.29 is 19.1 Å². The summed E-state index contributed by atoms with van der Waals surface area (Å²) in [6.45, 7) is 0.394. The highest BCUT2D eigenvalue weighted by Gasteiger charge is 2.24. The van der Waals surface area contributed by atoms with Crippen molar-refractivity contribution in [2.45, 2.75) is 19.4 Å². The van der Waals surface area contributed by atoms with E-state index in [0.717, 1.165) is 11.3 Å². The average Bonchev–Trinajstić information content (AvgIpc) is 2.68. The van der Waals surface area contributed by atoms with Gasteiger partial charge in [-0.05, 0) is 42.0 Å². The van der Waals surface area contributed by atoms with Crippen molar-refractivity contribution in [3.63, 3.8) is 0 Å². The molecule has 1 aliphatic heterocycles. The summed E-state index contributed by atoms with van der Waals surface area (Å²) in [5.41, 5.74) is 4.47. The summed E-state index contributed by atoms with van der Waals surface area (Å²) in [5.74, 6) is 0.156. The Morgan fingerprint density at radius 3 is 2.42 bits per heavy atom. The first kappa shape index (κ1) is 17.5. The van der Waals surface area contributed by atoms with Crippen molar-refractivity contribution >= 4 is 23.4 Å². The number of hydrazine groups is 1. The van der Waals surface area contributed by atoms with Crippen LogP contribution in [0.2, 0.25) is 0 Å². The van der Waals surface area contributed by atoms with Crippen molar-refractivity contribution in [3.8, 4) is 5.75 Å². The predicted molar refractivity (Wildman–Crippen MR) is 95.5 cm³/mol. The Balaban J connectivity index is 1.61. The second-order valence-electron chi connectivity index (χ2n) is 5.84. The minimum absolute atomic E-state index is 0.177. The minimum Gasteiger partial charge on any atom is -0.497 e. The van der Waals surface area contributed by atoms with Crippen molar-refractivity contribution in [1.29, 1.82) is 0 Å². The molecule has 3 rings (SSSR count). The molecule has 0 aromatic heterocycles. The molecule has 26 heavy (non-hydrogen) atoms. The highest BCUT2D eigenvalue weighted by Crippen LogP contribution is 2.18. The molecule has 2 N–H and O–H groups in total. The van der Waals surface area contributed by atoms with Crippen LogP contribution in [0.25, 0.3) is 0 Å². The number of carbonyl (C=O) groups is 3. The first-order chi connectivity index (χ1) is 12.6. The normalized spacial score (nSPS) is 14.0. The van der Waals surface area contributed by atoms with Gasteiger partial charge in [0, 0.05) is 24.9 Å². The minimum atomic E-state index is -0.221. The number of benzene rings is 2. The Morgan fingerprint density at radius 1 is 1.08 bits per heavy atom. The number of anilines is 1. The van der Waals surface area contributed by atoms with Gasteiger partial charge in [0.05, 0.1) is 12.8 Å². The average molecular weight is 353 g/mol. The topological polar surface area (TPSA) is 87.7 Å². The number of rotatable bonds is 5. The number of hydrogen-bond donors (Lipinski definition) is 2. The van der Waals surface area contributed by atoms with E-state index < -0.39 is 0 Å². The summed E-state index contributed by atoms with van der Waals surface area (Å²) in [6.07, 6.45) is 0.372. The van der Waals surface area contributed by atoms with Crippen molar-refractivity contribution in [2.24, 2.45) is 0 Å². The molecule has 1 saturated heterocycles. The summed E-state index contributed by atoms with van der Waals surface area (Å²) in [7, 11) is 1.60. The largest absolute Gasteiger partial charge is 0.497 e. The molecule has 1 fully saturated rings. The zero-order chi connectivity index (χ0) is 18.5. The quantitative estimate of drug-likeness (QED) is 0.858. The lowest BCUT2D eigenvalue weighted by Crippen LogP contribution is -2.50. The van der Waals surface area contributed by atoms with Gasteiger partial charge in [-0.25, -0.2) is 5.01 Å². The monoisotopic (exact) mass is 353 g/mol. The Hall–Kier alpha value is -3.35. The van der Waals surface area contributed by atoms with E-state index in [-0.39, 0.29) is 30.6 Å². The summed E-state index contributed by atoms with van der Waals surface area (Å²) < 4.78 is 5.10. The van der Waals surface area contributed by atoms with E-state index in [2.05, 4.69) is 10.7 Å². The molecule has 0 spiro atoms. The maximum atomic E-state index is 12.3. The molecule has 2 aromatic rings. The lowest BCUT2D eigenvalue weighted by Gasteiger charge is -2.27. The lowest BCUT2D eigenvalue weighted by molar-refractivity contribution is -0.130. The number of carbonyl (C=O) groups excluding carboxylic acids is 3. The summed E-state index contributed by atoms with van der Waals surface area (Å²) in [6, 6.07) is 13.9. The van der Waals surface area contributed by atoms with Crippen molar-refractivity contribution in [1.82, 2.24) is 10.7 Å². The van der Waals surface area contributed by atoms with Crippen LogP contribution in [0.5, 0.6) is 5.75 Å². The SMILES string of the molecule is COc1ccc(CNC(=O)c2ccc(N3NC(=O)CCC3=O)cc2)cc1. The van der Waals surface area contributed by atoms with Crippen LogP contribution in [0.4, 0.5) is 5.69 Å². The van der Waals surface area contributed by atoms with Crippen LogP contribution in [0.15, 0.2) is 48.5 Å². The molecule has 1 aliphatic rings. The van der Waals surface area contributed by atoms with Gasteiger partial charge in [-0.1, -0.05) is 12.1 Å². The van der Waals surface area contributed by atoms with E-state index in [0.29, 0.717) is 17.8 Å². The maximum Gasteiger partial charge on any atom is 0.251 e. The standard InChI is InChI=1S/C19H19N3O4/c1-26-16-8-2-13(3-9-16)12-20-19(25)14-4-6-15(7-5-14)22-18(24)11-10-17(23)21-22/h2-9H,10-12H2,1H3,(H,20,25)(H,21,23). The second-order valence-corrected chi connectivity index (χ2v) is 5.84. The van der Waals surface area contributed by atoms with Crippen LogP contribution in [0.3, 0.4) is 0 Å². The van der Waals surface area contributed by atoms with E-state index in [4.69, 9.17) is 4.74 Å². The predicted octanol–water partition coefficient (Wildman–Crippen LogP) is 1.78. The van der Waals surface area contributed by atoms with Gasteiger partial charge in [-0.2, -0.15) is 0 Å². The molecule has 2 aromatic carbocycles. The van der Waals surface area contributed by atoms with Crippen LogP contribution >= 0.6 is 0 Å². The van der Waals surface area contributed by atoms with Gasteiger partial charge in [0.15, 0.2) is 0 Å². The summed E-state index contributed by atoms with van der Waals surface area (Å²) in [5, 5.41) is 4.05. The van der Waals surface area contributed by atoms with E-state index in [9.17, 15) is 14.4 Å². The summed E-state index contributed by atoms with van der Waals surface area (Å²) in [4.78, 5) is 35.6. The zero-order valence-corrected chi connectivity index (χ0v) is 14.3. The Kier molecular flexibility index (Phi) is 5.17. The molecule has 7 nitrogen and oxygen atoms in total. The fraction of sp³-hybridized carbons (Fsp3) is 0.211. The van der Waals surface area contributed by atoms with Crippen LogP contribution in [-0.4, -0.2) is 24.8 Å². The molecule has 0 aliphatic carbocycles. The number of methoxy groups -OCH3 is 1. The molecular weight excluding hydrogens is 334 g/mol. The van der Waals surface area contributed by atoms with Crippen molar-refractivity contribution in [2.75, 3.05) is 12.1 Å². The molecular formula is C19H19N3O4. The molecule has 0 unspecified atom stereocenters. The highest BCUT2D eigenvalue weighted by atomic mass is 16.5. The van der Waals surface area contributed by atoms with Gasteiger partial charge < -0.3 is 10.1 Å². The molecule has 3 amide bonds. The lowest BCUT2D eigenvalue weighted by atomic mass is 10.1. The zero-order valence-electron chi connectivity index (χ0n) is 14.3. The third-order valence-corrected chi connectivity index (χ3v) is 4.05. The van der Waals surface area contributed by atoms with Gasteiger partial charge in [-0.15, -0.1) is 0 Å². The Morgan fingerprint density at radius 2 is 1.77 bits per heavy atom. The third-order valence-electron chi connectivity index (χ3n) is 4.05. The molecule has 134 valence electrons. The van der Waals surface area contributed by atoms with Crippen LogP contribution in [0, 0.1) is 0 Å². The van der Waals surface area contributed by atoms with Gasteiger partial charge >= 0.3 is 0 Å². The molecule has 7 heteroatoms. The summed E-state index contributed by atoms with van der Waals surface area (Å²) >= 11 is 0. The molecule has 0 radical (unpaired) electrons. The Labute approximate surface area is 150 Å². The van der Waals surface area contributed by atoms with E-state index in [1.807, 2.05) is 24.3 Å². The molecule has 0 bridgehead atoms. The fourth-order valence-electron chi connectivity index (χ4n) is 2.57. The smallest absolute Gasteiger partial charge is 0.251 e. The van der Waals surface area contributed by atoms with E-state index >= 15 is 0 Å². The van der Waals surface area contributed by atoms with Crippen LogP contribution in [-0.2, 0) is 16.1 Å². The second kappa shape index (κ2) is 7.69. The van der Waals surface area contributed by atoms with Gasteiger partial charge in [0.2, 0.25) is 11.8 Å². The first-order valence-corrected chi connectivity index (χ1v) is 8.20. The van der Waals surface area contributed by atoms with Crippen LogP contribution in [0.1, 0.15) is 28.8 Å². The molecule has 1 heterocycles. The van der Waals surface area contributed by atoms with E-state index in [1.165, 1.54) is 5.01 Å². The number of ether oxygens (including phenoxy) is 1. The highest BCUT2D eigenvalue weighted by molar-refractivity contribution is 6.01. The van der Waals surface area contributed by atoms with Gasteiger partial charge in [0.25, 0.3) is 5.91 Å². The number of hydrogen-bond acceptors (Lipinski definition) is 4. The Bertz CT molecular complexity index is 816. The van der Waals surface area contributed by atoms with E-state index in [1.54, 1.807) is 31.4 Å². The van der Waals surface area contributed by atoms with Gasteiger partial charge in [-0.3, -0.25) is 19.8 Å². The number of nitrogens with one attached hydrogen (secondary N) is 2. The number of amides is 3. The number of nitrogens with zero attached hydrogens (tertiary/aromatic N) is 1. The first-order valence-electron chi connectivity index (χ1n) is 8.20. The van der Waals surface area contributed by atoms with Crippen molar-refractivity contribution in [3.05, 3.63) is 59.7 Å². The third kappa shape index (κ3) is 4.00. The fourth-order valence-corrected chi connectivity index (χ4v) is 2.57. The molecule has 0 atom stereocenters.